The molecule has 1 aromatic carbocycles. The van der Waals surface area contributed by atoms with Gasteiger partial charge in [0.05, 0.1) is 12.7 Å². The lowest BCUT2D eigenvalue weighted by molar-refractivity contribution is -0.137. The minimum Gasteiger partial charge on any atom is -0.490 e. The second kappa shape index (κ2) is 19.9. The molecule has 32 heavy (non-hydrogen) atoms. The van der Waals surface area contributed by atoms with E-state index in [4.69, 9.17) is 9.47 Å². The van der Waals surface area contributed by atoms with E-state index in [9.17, 15) is 4.79 Å². The third kappa shape index (κ3) is 15.1. The van der Waals surface area contributed by atoms with Gasteiger partial charge in [0.2, 0.25) is 0 Å². The molecule has 3 nitrogen and oxygen atoms in total. The van der Waals surface area contributed by atoms with Gasteiger partial charge in [-0.2, -0.15) is 0 Å². The number of rotatable bonds is 20. The Bertz CT molecular complexity index is 591. The Kier molecular flexibility index (Phi) is 17.6. The molecule has 0 spiro atoms. The molecular formula is C29H48O3. The molecule has 0 aromatic heterocycles. The maximum atomic E-state index is 11.4. The third-order valence-electron chi connectivity index (χ3n) is 5.97. The zero-order valence-electron chi connectivity index (χ0n) is 21.1. The molecule has 0 amide bonds. The molecule has 3 heteroatoms. The van der Waals surface area contributed by atoms with Crippen molar-refractivity contribution in [3.8, 4) is 5.75 Å². The van der Waals surface area contributed by atoms with Crippen molar-refractivity contribution >= 4 is 12.0 Å². The number of esters is 1. The maximum absolute atomic E-state index is 11.4. The van der Waals surface area contributed by atoms with Gasteiger partial charge >= 0.3 is 5.97 Å². The lowest BCUT2D eigenvalue weighted by Crippen LogP contribution is -2.15. The quantitative estimate of drug-likeness (QED) is 0.114. The molecule has 1 rings (SSSR count). The molecule has 0 radical (unpaired) electrons. The first-order valence-electron chi connectivity index (χ1n) is 13.3. The van der Waals surface area contributed by atoms with Gasteiger partial charge < -0.3 is 9.47 Å². The molecular weight excluding hydrogens is 396 g/mol. The van der Waals surface area contributed by atoms with Crippen LogP contribution in [0.1, 0.15) is 123 Å². The molecule has 0 aliphatic rings. The Morgan fingerprint density at radius 3 is 1.81 bits per heavy atom. The van der Waals surface area contributed by atoms with Gasteiger partial charge in [-0.1, -0.05) is 103 Å². The smallest absolute Gasteiger partial charge is 0.330 e. The Morgan fingerprint density at radius 1 is 0.781 bits per heavy atom. The third-order valence-corrected chi connectivity index (χ3v) is 5.97. The van der Waals surface area contributed by atoms with E-state index in [1.807, 2.05) is 24.3 Å². The van der Waals surface area contributed by atoms with Crippen LogP contribution in [0.4, 0.5) is 0 Å². The molecule has 1 aromatic rings. The Hall–Kier alpha value is -1.77. The number of hydrogen-bond acceptors (Lipinski definition) is 3. The summed E-state index contributed by atoms with van der Waals surface area (Å²) in [7, 11) is 0. The fourth-order valence-electron chi connectivity index (χ4n) is 3.94. The van der Waals surface area contributed by atoms with Gasteiger partial charge in [0, 0.05) is 6.08 Å². The Labute approximate surface area is 198 Å². The van der Waals surface area contributed by atoms with Crippen LogP contribution in [0.25, 0.3) is 6.08 Å². The van der Waals surface area contributed by atoms with Crippen LogP contribution in [0.3, 0.4) is 0 Å². The number of unbranched alkanes of at least 4 members (excludes halogenated alkanes) is 12. The van der Waals surface area contributed by atoms with Crippen LogP contribution < -0.4 is 4.74 Å². The van der Waals surface area contributed by atoms with Crippen molar-refractivity contribution in [3.05, 3.63) is 35.9 Å². The zero-order chi connectivity index (χ0) is 23.3. The van der Waals surface area contributed by atoms with Gasteiger partial charge in [-0.3, -0.25) is 0 Å². The van der Waals surface area contributed by atoms with E-state index in [1.54, 1.807) is 13.0 Å². The molecule has 0 N–H and O–H groups in total. The second-order valence-corrected chi connectivity index (χ2v) is 8.83. The number of ether oxygens (including phenoxy) is 2. The van der Waals surface area contributed by atoms with E-state index in [0.29, 0.717) is 6.61 Å². The fraction of sp³-hybridized carbons (Fsp3) is 0.690. The molecule has 0 fully saturated rings. The lowest BCUT2D eigenvalue weighted by atomic mass is 10.0. The van der Waals surface area contributed by atoms with E-state index in [2.05, 4.69) is 13.8 Å². The van der Waals surface area contributed by atoms with Gasteiger partial charge in [-0.25, -0.2) is 4.79 Å². The molecule has 0 saturated carbocycles. The molecule has 0 bridgehead atoms. The summed E-state index contributed by atoms with van der Waals surface area (Å²) in [5.74, 6) is 0.594. The summed E-state index contributed by atoms with van der Waals surface area (Å²) in [5, 5.41) is 0. The summed E-state index contributed by atoms with van der Waals surface area (Å²) in [4.78, 5) is 11.4. The minimum absolute atomic E-state index is 0.281. The summed E-state index contributed by atoms with van der Waals surface area (Å²) in [5.41, 5.74) is 0.968. The van der Waals surface area contributed by atoms with Crippen LogP contribution in [-0.4, -0.2) is 18.7 Å². The molecule has 0 aliphatic carbocycles. The summed E-state index contributed by atoms with van der Waals surface area (Å²) in [6, 6.07) is 7.92. The first-order chi connectivity index (χ1) is 15.7. The second-order valence-electron chi connectivity index (χ2n) is 8.83. The number of hydrogen-bond donors (Lipinski definition) is 0. The van der Waals surface area contributed by atoms with Crippen LogP contribution in [0.5, 0.6) is 5.75 Å². The molecule has 1 unspecified atom stereocenters. The molecule has 182 valence electrons. The highest BCUT2D eigenvalue weighted by atomic mass is 16.5. The number of carbonyl (C=O) groups is 1. The zero-order valence-corrected chi connectivity index (χ0v) is 21.1. The first-order valence-corrected chi connectivity index (χ1v) is 13.3. The number of benzene rings is 1. The largest absolute Gasteiger partial charge is 0.490 e. The molecule has 0 heterocycles. The van der Waals surface area contributed by atoms with Crippen LogP contribution in [0, 0.1) is 0 Å². The average molecular weight is 445 g/mol. The fourth-order valence-corrected chi connectivity index (χ4v) is 3.94. The highest BCUT2D eigenvalue weighted by Gasteiger charge is 2.08. The van der Waals surface area contributed by atoms with Crippen molar-refractivity contribution in [2.75, 3.05) is 6.61 Å². The maximum Gasteiger partial charge on any atom is 0.330 e. The highest BCUT2D eigenvalue weighted by molar-refractivity contribution is 5.87. The number of carbonyl (C=O) groups excluding carboxylic acids is 1. The van der Waals surface area contributed by atoms with E-state index in [-0.39, 0.29) is 12.1 Å². The average Bonchev–Trinajstić information content (AvgIpc) is 2.81. The monoisotopic (exact) mass is 444 g/mol. The van der Waals surface area contributed by atoms with E-state index in [1.165, 1.54) is 89.5 Å². The van der Waals surface area contributed by atoms with Gasteiger partial charge in [0.1, 0.15) is 5.75 Å². The summed E-state index contributed by atoms with van der Waals surface area (Å²) in [6.45, 7) is 6.68. The van der Waals surface area contributed by atoms with Crippen LogP contribution in [0.2, 0.25) is 0 Å². The Morgan fingerprint density at radius 2 is 1.31 bits per heavy atom. The molecule has 0 aliphatic heterocycles. The summed E-state index contributed by atoms with van der Waals surface area (Å²) < 4.78 is 11.1. The Balaban J connectivity index is 2.09. The van der Waals surface area contributed by atoms with Crippen molar-refractivity contribution < 1.29 is 14.3 Å². The van der Waals surface area contributed by atoms with Crippen molar-refractivity contribution in [2.45, 2.75) is 123 Å². The molecule has 1 atom stereocenters. The normalized spacial score (nSPS) is 12.2. The lowest BCUT2D eigenvalue weighted by Gasteiger charge is -2.17. The van der Waals surface area contributed by atoms with Gasteiger partial charge in [-0.05, 0) is 50.0 Å². The van der Waals surface area contributed by atoms with Crippen LogP contribution >= 0.6 is 0 Å². The highest BCUT2D eigenvalue weighted by Crippen LogP contribution is 2.19. The van der Waals surface area contributed by atoms with E-state index in [0.717, 1.165) is 24.2 Å². The molecule has 0 saturated heterocycles. The van der Waals surface area contributed by atoms with Crippen molar-refractivity contribution in [1.82, 2.24) is 0 Å². The van der Waals surface area contributed by atoms with Gasteiger partial charge in [0.15, 0.2) is 0 Å². The summed E-state index contributed by atoms with van der Waals surface area (Å²) >= 11 is 0. The summed E-state index contributed by atoms with van der Waals surface area (Å²) in [6.07, 6.45) is 23.7. The predicted molar refractivity (Wildman–Crippen MR) is 137 cm³/mol. The standard InChI is InChI=1S/C29H48O3/c1-4-7-8-9-10-11-12-13-14-15-16-17-18-19-27(5-2)32-28-23-20-26(21-24-28)22-25-29(30)31-6-3/h20-25,27H,4-19H2,1-3H3/b25-22+. The first kappa shape index (κ1) is 28.3. The van der Waals surface area contributed by atoms with Crippen molar-refractivity contribution in [1.29, 1.82) is 0 Å². The van der Waals surface area contributed by atoms with Crippen LogP contribution in [0.15, 0.2) is 30.3 Å². The van der Waals surface area contributed by atoms with E-state index >= 15 is 0 Å². The predicted octanol–water partition coefficient (Wildman–Crippen LogP) is 8.90. The minimum atomic E-state index is -0.309. The van der Waals surface area contributed by atoms with E-state index < -0.39 is 0 Å². The van der Waals surface area contributed by atoms with Crippen molar-refractivity contribution in [3.63, 3.8) is 0 Å². The van der Waals surface area contributed by atoms with Crippen LogP contribution in [-0.2, 0) is 9.53 Å². The SMILES string of the molecule is CCCCCCCCCCCCCCCC(CC)Oc1ccc(/C=C/C(=O)OCC)cc1. The van der Waals surface area contributed by atoms with Gasteiger partial charge in [-0.15, -0.1) is 0 Å². The topological polar surface area (TPSA) is 35.5 Å². The van der Waals surface area contributed by atoms with Gasteiger partial charge in [0.25, 0.3) is 0 Å². The van der Waals surface area contributed by atoms with Crippen molar-refractivity contribution in [2.24, 2.45) is 0 Å².